The van der Waals surface area contributed by atoms with Gasteiger partial charge in [0.2, 0.25) is 11.8 Å². The van der Waals surface area contributed by atoms with Crippen LogP contribution in [0.25, 0.3) is 0 Å². The van der Waals surface area contributed by atoms with Gasteiger partial charge in [0, 0.05) is 18.4 Å². The number of nitrogens with one attached hydrogen (secondary N) is 2. The number of ether oxygens (including phenoxy) is 1. The smallest absolute Gasteiger partial charge is 0.263 e. The van der Waals surface area contributed by atoms with Crippen molar-refractivity contribution in [1.29, 1.82) is 0 Å². The molecule has 2 aromatic rings. The van der Waals surface area contributed by atoms with E-state index in [4.69, 9.17) is 4.74 Å². The van der Waals surface area contributed by atoms with Gasteiger partial charge in [0.05, 0.1) is 19.2 Å². The minimum atomic E-state index is -0.292. The fourth-order valence-electron chi connectivity index (χ4n) is 2.63. The zero-order chi connectivity index (χ0) is 15.9. The molecule has 0 saturated heterocycles. The number of rotatable bonds is 3. The molecule has 22 heavy (non-hydrogen) atoms. The van der Waals surface area contributed by atoms with E-state index in [0.717, 1.165) is 11.3 Å². The predicted molar refractivity (Wildman–Crippen MR) is 81.2 cm³/mol. The van der Waals surface area contributed by atoms with Crippen LogP contribution in [-0.4, -0.2) is 28.7 Å². The van der Waals surface area contributed by atoms with Crippen LogP contribution in [0, 0.1) is 6.92 Å². The number of amides is 2. The Morgan fingerprint density at radius 2 is 2.23 bits per heavy atom. The molecule has 2 heterocycles. The molecular weight excluding hydrogens is 284 g/mol. The maximum absolute atomic E-state index is 12.5. The molecule has 7 heteroatoms. The Kier molecular flexibility index (Phi) is 3.32. The van der Waals surface area contributed by atoms with Crippen molar-refractivity contribution in [2.24, 2.45) is 7.05 Å². The lowest BCUT2D eigenvalue weighted by Gasteiger charge is -2.08. The zero-order valence-corrected chi connectivity index (χ0v) is 12.6. The third kappa shape index (κ3) is 2.30. The summed E-state index contributed by atoms with van der Waals surface area (Å²) >= 11 is 0. The van der Waals surface area contributed by atoms with Gasteiger partial charge in [-0.3, -0.25) is 9.59 Å². The van der Waals surface area contributed by atoms with E-state index in [-0.39, 0.29) is 11.8 Å². The van der Waals surface area contributed by atoms with Crippen molar-refractivity contribution in [3.8, 4) is 5.88 Å². The molecule has 0 atom stereocenters. The second-order valence-corrected chi connectivity index (χ2v) is 5.14. The first-order valence-electron chi connectivity index (χ1n) is 6.81. The van der Waals surface area contributed by atoms with Gasteiger partial charge < -0.3 is 15.4 Å². The minimum Gasteiger partial charge on any atom is -0.481 e. The number of hydrogen-bond acceptors (Lipinski definition) is 4. The molecule has 0 aliphatic carbocycles. The van der Waals surface area contributed by atoms with E-state index in [2.05, 4.69) is 15.7 Å². The number of fused-ring (bicyclic) bond motifs is 1. The van der Waals surface area contributed by atoms with Crippen LogP contribution < -0.4 is 15.4 Å². The average Bonchev–Trinajstić information content (AvgIpc) is 2.96. The van der Waals surface area contributed by atoms with Gasteiger partial charge in [0.25, 0.3) is 5.91 Å². The molecule has 1 aromatic carbocycles. The Hall–Kier alpha value is -2.83. The molecule has 0 fully saturated rings. The van der Waals surface area contributed by atoms with Crippen molar-refractivity contribution in [2.75, 3.05) is 17.7 Å². The Labute approximate surface area is 127 Å². The number of carbonyl (C=O) groups excluding carboxylic acids is 2. The Balaban J connectivity index is 1.87. The van der Waals surface area contributed by atoms with Crippen LogP contribution in [-0.2, 0) is 18.3 Å². The normalized spacial score (nSPS) is 12.8. The first kappa shape index (κ1) is 14.1. The Morgan fingerprint density at radius 1 is 1.45 bits per heavy atom. The van der Waals surface area contributed by atoms with Crippen molar-refractivity contribution < 1.29 is 14.3 Å². The standard InChI is InChI=1S/C15H16N4O3/c1-8-13(15(22-3)19(2)18-8)14(21)16-10-4-5-11-9(6-10)7-12(20)17-11/h4-6H,7H2,1-3H3,(H,16,21)(H,17,20). The lowest BCUT2D eigenvalue weighted by Crippen LogP contribution is -2.14. The largest absolute Gasteiger partial charge is 0.481 e. The van der Waals surface area contributed by atoms with E-state index in [1.807, 2.05) is 0 Å². The number of benzene rings is 1. The molecule has 2 amide bonds. The zero-order valence-electron chi connectivity index (χ0n) is 12.6. The third-order valence-electron chi connectivity index (χ3n) is 3.58. The summed E-state index contributed by atoms with van der Waals surface area (Å²) in [4.78, 5) is 23.8. The topological polar surface area (TPSA) is 85.2 Å². The molecule has 1 aliphatic heterocycles. The molecule has 1 aromatic heterocycles. The summed E-state index contributed by atoms with van der Waals surface area (Å²) in [6.07, 6.45) is 0.328. The highest BCUT2D eigenvalue weighted by atomic mass is 16.5. The van der Waals surface area contributed by atoms with Gasteiger partial charge in [-0.1, -0.05) is 0 Å². The second kappa shape index (κ2) is 5.18. The predicted octanol–water partition coefficient (Wildman–Crippen LogP) is 1.48. The number of aryl methyl sites for hydroxylation is 2. The SMILES string of the molecule is COc1c(C(=O)Nc2ccc3c(c2)CC(=O)N3)c(C)nn1C. The number of hydrogen-bond donors (Lipinski definition) is 2. The molecule has 114 valence electrons. The number of methoxy groups -OCH3 is 1. The minimum absolute atomic E-state index is 0.0387. The number of anilines is 2. The molecule has 2 N–H and O–H groups in total. The summed E-state index contributed by atoms with van der Waals surface area (Å²) in [5.74, 6) is 0.0796. The van der Waals surface area contributed by atoms with Gasteiger partial charge in [0.1, 0.15) is 5.56 Å². The molecule has 0 spiro atoms. The highest BCUT2D eigenvalue weighted by Gasteiger charge is 2.22. The van der Waals surface area contributed by atoms with Crippen molar-refractivity contribution in [3.63, 3.8) is 0 Å². The Bertz CT molecular complexity index is 779. The van der Waals surface area contributed by atoms with Crippen LogP contribution in [0.5, 0.6) is 5.88 Å². The lowest BCUT2D eigenvalue weighted by molar-refractivity contribution is -0.115. The van der Waals surface area contributed by atoms with Gasteiger partial charge in [-0.05, 0) is 30.7 Å². The summed E-state index contributed by atoms with van der Waals surface area (Å²) < 4.78 is 6.75. The molecule has 0 bridgehead atoms. The van der Waals surface area contributed by atoms with Crippen molar-refractivity contribution in [2.45, 2.75) is 13.3 Å². The highest BCUT2D eigenvalue weighted by Crippen LogP contribution is 2.27. The second-order valence-electron chi connectivity index (χ2n) is 5.14. The number of nitrogens with zero attached hydrogens (tertiary/aromatic N) is 2. The maximum Gasteiger partial charge on any atom is 0.263 e. The van der Waals surface area contributed by atoms with Gasteiger partial charge in [-0.25, -0.2) is 4.68 Å². The van der Waals surface area contributed by atoms with Gasteiger partial charge in [0.15, 0.2) is 0 Å². The van der Waals surface area contributed by atoms with Crippen LogP contribution in [0.15, 0.2) is 18.2 Å². The van der Waals surface area contributed by atoms with Crippen LogP contribution in [0.3, 0.4) is 0 Å². The number of aromatic nitrogens is 2. The van der Waals surface area contributed by atoms with Gasteiger partial charge in [-0.2, -0.15) is 5.10 Å². The summed E-state index contributed by atoms with van der Waals surface area (Å²) in [5, 5.41) is 9.76. The van der Waals surface area contributed by atoms with Crippen LogP contribution in [0.2, 0.25) is 0 Å². The van der Waals surface area contributed by atoms with E-state index >= 15 is 0 Å². The monoisotopic (exact) mass is 300 g/mol. The first-order valence-corrected chi connectivity index (χ1v) is 6.81. The van der Waals surface area contributed by atoms with Crippen LogP contribution in [0.4, 0.5) is 11.4 Å². The molecule has 7 nitrogen and oxygen atoms in total. The summed E-state index contributed by atoms with van der Waals surface area (Å²) in [7, 11) is 3.22. The fraction of sp³-hybridized carbons (Fsp3) is 0.267. The van der Waals surface area contributed by atoms with Gasteiger partial charge >= 0.3 is 0 Å². The summed E-state index contributed by atoms with van der Waals surface area (Å²) in [6.45, 7) is 1.75. The fourth-order valence-corrected chi connectivity index (χ4v) is 2.63. The lowest BCUT2D eigenvalue weighted by atomic mass is 10.1. The molecule has 0 unspecified atom stereocenters. The van der Waals surface area contributed by atoms with Crippen molar-refractivity contribution in [3.05, 3.63) is 35.0 Å². The molecule has 0 saturated carbocycles. The average molecular weight is 300 g/mol. The Morgan fingerprint density at radius 3 is 2.95 bits per heavy atom. The molecule has 1 aliphatic rings. The molecule has 0 radical (unpaired) electrons. The third-order valence-corrected chi connectivity index (χ3v) is 3.58. The summed E-state index contributed by atoms with van der Waals surface area (Å²) in [5.41, 5.74) is 3.29. The van der Waals surface area contributed by atoms with E-state index in [0.29, 0.717) is 29.2 Å². The number of carbonyl (C=O) groups is 2. The highest BCUT2D eigenvalue weighted by molar-refractivity contribution is 6.07. The van der Waals surface area contributed by atoms with Gasteiger partial charge in [-0.15, -0.1) is 0 Å². The van der Waals surface area contributed by atoms with Crippen molar-refractivity contribution >= 4 is 23.2 Å². The quantitative estimate of drug-likeness (QED) is 0.899. The van der Waals surface area contributed by atoms with Crippen molar-refractivity contribution in [1.82, 2.24) is 9.78 Å². The van der Waals surface area contributed by atoms with E-state index in [1.54, 1.807) is 32.2 Å². The van der Waals surface area contributed by atoms with E-state index in [9.17, 15) is 9.59 Å². The van der Waals surface area contributed by atoms with E-state index in [1.165, 1.54) is 11.8 Å². The van der Waals surface area contributed by atoms with E-state index < -0.39 is 0 Å². The summed E-state index contributed by atoms with van der Waals surface area (Å²) in [6, 6.07) is 5.33. The molecule has 3 rings (SSSR count). The molecular formula is C15H16N4O3. The maximum atomic E-state index is 12.5. The van der Waals surface area contributed by atoms with Crippen LogP contribution in [0.1, 0.15) is 21.6 Å². The first-order chi connectivity index (χ1) is 10.5. The van der Waals surface area contributed by atoms with Crippen LogP contribution >= 0.6 is 0 Å².